The summed E-state index contributed by atoms with van der Waals surface area (Å²) in [6.45, 7) is 5.71. The van der Waals surface area contributed by atoms with Crippen molar-refractivity contribution in [1.29, 1.82) is 0 Å². The molecule has 1 saturated heterocycles. The molecule has 52 heavy (non-hydrogen) atoms. The summed E-state index contributed by atoms with van der Waals surface area (Å²) in [7, 11) is -4.20. The molecule has 0 bridgehead atoms. The molecule has 4 aliphatic rings. The molecule has 1 aromatic heterocycles. The molecule has 3 aliphatic heterocycles. The standard InChI is InChI=1S/C36H45N5O9S2/c1-35(2,3)50-33(45)37-27-15-8-6-4-5-7-14-25-19-36(25,32(44)39-52(47,48)29-16-11-17-51-29)38-30(42)28-18-26(22-41(28)31(27)43)49-34(46)40-20-23-12-9-10-13-24(23)21-40/h7,9-14,16-17,25-28H,4-6,8,15,18-22H2,1-3H3,(H,37,45)(H,38,42)(H,39,44)/b14-7-/t25-,26+,27-,28-,36+/m0/s1. The molecule has 6 rings (SSSR count). The number of nitrogens with zero attached hydrogens (tertiary/aromatic N) is 2. The number of fused-ring (bicyclic) bond motifs is 3. The number of allylic oxidation sites excluding steroid dienone is 1. The lowest BCUT2D eigenvalue weighted by atomic mass is 10.0. The van der Waals surface area contributed by atoms with Crippen LogP contribution >= 0.6 is 11.3 Å². The van der Waals surface area contributed by atoms with Crippen molar-refractivity contribution in [1.82, 2.24) is 25.2 Å². The number of amides is 5. The van der Waals surface area contributed by atoms with Crippen LogP contribution in [0.5, 0.6) is 0 Å². The largest absolute Gasteiger partial charge is 0.444 e. The van der Waals surface area contributed by atoms with Gasteiger partial charge in [0.2, 0.25) is 11.8 Å². The lowest BCUT2D eigenvalue weighted by molar-refractivity contribution is -0.141. The van der Waals surface area contributed by atoms with Crippen LogP contribution in [0.1, 0.15) is 76.8 Å². The molecule has 0 spiro atoms. The number of hydrogen-bond acceptors (Lipinski definition) is 10. The van der Waals surface area contributed by atoms with Crippen LogP contribution in [0, 0.1) is 5.92 Å². The van der Waals surface area contributed by atoms with Gasteiger partial charge in [0.1, 0.15) is 33.5 Å². The molecule has 0 radical (unpaired) electrons. The van der Waals surface area contributed by atoms with Crippen LogP contribution in [0.25, 0.3) is 0 Å². The Hall–Kier alpha value is -4.44. The molecule has 5 amide bonds. The van der Waals surface area contributed by atoms with Gasteiger partial charge in [-0.25, -0.2) is 22.7 Å². The van der Waals surface area contributed by atoms with Gasteiger partial charge < -0.3 is 25.0 Å². The van der Waals surface area contributed by atoms with Crippen molar-refractivity contribution >= 4 is 51.3 Å². The van der Waals surface area contributed by atoms with E-state index in [0.717, 1.165) is 35.3 Å². The van der Waals surface area contributed by atoms with E-state index < -0.39 is 75.2 Å². The van der Waals surface area contributed by atoms with Gasteiger partial charge in [-0.05, 0) is 69.0 Å². The first-order chi connectivity index (χ1) is 24.6. The molecule has 3 N–H and O–H groups in total. The maximum absolute atomic E-state index is 14.3. The van der Waals surface area contributed by atoms with Gasteiger partial charge in [-0.15, -0.1) is 11.3 Å². The summed E-state index contributed by atoms with van der Waals surface area (Å²) in [4.78, 5) is 71.4. The maximum atomic E-state index is 14.3. The van der Waals surface area contributed by atoms with Gasteiger partial charge in [0.15, 0.2) is 0 Å². The van der Waals surface area contributed by atoms with Crippen LogP contribution in [0.2, 0.25) is 0 Å². The Morgan fingerprint density at radius 2 is 1.75 bits per heavy atom. The first kappa shape index (κ1) is 37.3. The third-order valence-corrected chi connectivity index (χ3v) is 12.4. The molecule has 4 heterocycles. The topological polar surface area (TPSA) is 181 Å². The first-order valence-electron chi connectivity index (χ1n) is 17.6. The van der Waals surface area contributed by atoms with Crippen molar-refractivity contribution in [3.05, 3.63) is 65.1 Å². The average Bonchev–Trinajstić information content (AvgIpc) is 3.53. The van der Waals surface area contributed by atoms with Crippen LogP contribution in [-0.4, -0.2) is 84.0 Å². The number of alkyl carbamates (subject to hydrolysis) is 1. The molecule has 14 nitrogen and oxygen atoms in total. The summed E-state index contributed by atoms with van der Waals surface area (Å²) in [5, 5.41) is 7.08. The Labute approximate surface area is 307 Å². The summed E-state index contributed by atoms with van der Waals surface area (Å²) >= 11 is 0.955. The van der Waals surface area contributed by atoms with Crippen molar-refractivity contribution in [2.45, 2.75) is 112 Å². The minimum Gasteiger partial charge on any atom is -0.444 e. The second kappa shape index (κ2) is 14.9. The van der Waals surface area contributed by atoms with E-state index in [1.54, 1.807) is 37.1 Å². The molecule has 5 atom stereocenters. The lowest BCUT2D eigenvalue weighted by Crippen LogP contribution is -2.58. The number of carbonyl (C=O) groups excluding carboxylic acids is 5. The van der Waals surface area contributed by atoms with E-state index in [0.29, 0.717) is 25.9 Å². The fourth-order valence-corrected chi connectivity index (χ4v) is 9.01. The fourth-order valence-electron chi connectivity index (χ4n) is 6.97. The highest BCUT2D eigenvalue weighted by atomic mass is 32.2. The normalized spacial score (nSPS) is 27.1. The smallest absolute Gasteiger partial charge is 0.410 e. The van der Waals surface area contributed by atoms with Gasteiger partial charge in [-0.2, -0.15) is 0 Å². The van der Waals surface area contributed by atoms with E-state index in [2.05, 4.69) is 15.4 Å². The molecule has 1 aromatic carbocycles. The predicted octanol–water partition coefficient (Wildman–Crippen LogP) is 3.96. The van der Waals surface area contributed by atoms with E-state index in [4.69, 9.17) is 9.47 Å². The van der Waals surface area contributed by atoms with Gasteiger partial charge in [0.25, 0.3) is 15.9 Å². The number of sulfonamides is 1. The van der Waals surface area contributed by atoms with E-state index in [-0.39, 0.29) is 30.0 Å². The van der Waals surface area contributed by atoms with E-state index in [1.807, 2.05) is 36.4 Å². The molecule has 2 fully saturated rings. The summed E-state index contributed by atoms with van der Waals surface area (Å²) in [6, 6.07) is 8.36. The number of thiophene rings is 1. The van der Waals surface area contributed by atoms with Crippen molar-refractivity contribution < 1.29 is 41.9 Å². The lowest BCUT2D eigenvalue weighted by Gasteiger charge is -2.30. The minimum absolute atomic E-state index is 0.0460. The Kier molecular flexibility index (Phi) is 10.7. The number of carbonyl (C=O) groups is 5. The Morgan fingerprint density at radius 1 is 1.02 bits per heavy atom. The van der Waals surface area contributed by atoms with E-state index >= 15 is 0 Å². The minimum atomic E-state index is -4.20. The third kappa shape index (κ3) is 8.44. The quantitative estimate of drug-likeness (QED) is 0.381. The zero-order chi connectivity index (χ0) is 37.3. The van der Waals surface area contributed by atoms with Gasteiger partial charge in [0, 0.05) is 25.4 Å². The summed E-state index contributed by atoms with van der Waals surface area (Å²) in [6.07, 6.45) is 4.58. The second-order valence-corrected chi connectivity index (χ2v) is 17.6. The zero-order valence-electron chi connectivity index (χ0n) is 29.5. The predicted molar refractivity (Wildman–Crippen MR) is 190 cm³/mol. The molecular formula is C36H45N5O9S2. The molecule has 2 aromatic rings. The average molecular weight is 756 g/mol. The maximum Gasteiger partial charge on any atom is 0.410 e. The Morgan fingerprint density at radius 3 is 2.42 bits per heavy atom. The molecular weight excluding hydrogens is 711 g/mol. The van der Waals surface area contributed by atoms with Crippen molar-refractivity contribution in [2.75, 3.05) is 6.54 Å². The number of hydrogen-bond donors (Lipinski definition) is 3. The van der Waals surface area contributed by atoms with Crippen molar-refractivity contribution in [3.63, 3.8) is 0 Å². The van der Waals surface area contributed by atoms with E-state index in [1.165, 1.54) is 11.0 Å². The van der Waals surface area contributed by atoms with Gasteiger partial charge in [-0.3, -0.25) is 19.3 Å². The first-order valence-corrected chi connectivity index (χ1v) is 19.9. The highest BCUT2D eigenvalue weighted by Gasteiger charge is 2.62. The summed E-state index contributed by atoms with van der Waals surface area (Å²) in [5.74, 6) is -2.63. The molecule has 1 saturated carbocycles. The van der Waals surface area contributed by atoms with Gasteiger partial charge in [0.05, 0.1) is 6.54 Å². The van der Waals surface area contributed by atoms with Crippen LogP contribution in [0.15, 0.2) is 58.1 Å². The van der Waals surface area contributed by atoms with Crippen LogP contribution < -0.4 is 15.4 Å². The summed E-state index contributed by atoms with van der Waals surface area (Å²) < 4.78 is 39.5. The second-order valence-electron chi connectivity index (χ2n) is 14.8. The molecule has 0 unspecified atom stereocenters. The number of rotatable bonds is 5. The third-order valence-electron chi connectivity index (χ3n) is 9.69. The number of nitrogens with one attached hydrogen (secondary N) is 3. The SMILES string of the molecule is CC(C)(C)OC(=O)N[C@H]1CCCCC/C=C\[C@H]2C[C@@]2(C(=O)NS(=O)(=O)c2cccs2)NC(=O)[C@@H]2C[C@@H](OC(=O)N3Cc4ccccc4C3)CN2C1=O. The summed E-state index contributed by atoms with van der Waals surface area (Å²) in [5.41, 5.74) is -0.406. The molecule has 16 heteroatoms. The van der Waals surface area contributed by atoms with Gasteiger partial charge >= 0.3 is 12.2 Å². The number of benzene rings is 1. The Balaban J connectivity index is 1.26. The van der Waals surface area contributed by atoms with Crippen LogP contribution in [-0.2, 0) is 47.0 Å². The molecule has 1 aliphatic carbocycles. The monoisotopic (exact) mass is 755 g/mol. The fraction of sp³-hybridized carbons (Fsp3) is 0.528. The number of ether oxygens (including phenoxy) is 2. The van der Waals surface area contributed by atoms with Crippen molar-refractivity contribution in [3.8, 4) is 0 Å². The highest BCUT2D eigenvalue weighted by molar-refractivity contribution is 7.92. The van der Waals surface area contributed by atoms with E-state index in [9.17, 15) is 32.4 Å². The van der Waals surface area contributed by atoms with Crippen molar-refractivity contribution in [2.24, 2.45) is 5.92 Å². The molecule has 280 valence electrons. The van der Waals surface area contributed by atoms with Crippen LogP contribution in [0.3, 0.4) is 0 Å². The highest BCUT2D eigenvalue weighted by Crippen LogP contribution is 2.46. The van der Waals surface area contributed by atoms with Gasteiger partial charge in [-0.1, -0.05) is 55.3 Å². The Bertz CT molecular complexity index is 1820. The van der Waals surface area contributed by atoms with Crippen LogP contribution in [0.4, 0.5) is 9.59 Å². The zero-order valence-corrected chi connectivity index (χ0v) is 31.1.